The van der Waals surface area contributed by atoms with Crippen molar-refractivity contribution in [2.75, 3.05) is 20.8 Å². The van der Waals surface area contributed by atoms with E-state index < -0.39 is 0 Å². The first kappa shape index (κ1) is 14.6. The van der Waals surface area contributed by atoms with Gasteiger partial charge in [0.1, 0.15) is 11.7 Å². The molecule has 108 valence electrons. The first-order chi connectivity index (χ1) is 9.72. The van der Waals surface area contributed by atoms with Crippen molar-refractivity contribution in [2.24, 2.45) is 0 Å². The quantitative estimate of drug-likeness (QED) is 0.660. The minimum atomic E-state index is -0.333. The molecule has 1 aliphatic rings. The van der Waals surface area contributed by atoms with Crippen molar-refractivity contribution in [3.05, 3.63) is 42.0 Å². The van der Waals surface area contributed by atoms with E-state index in [2.05, 4.69) is 18.0 Å². The highest BCUT2D eigenvalue weighted by molar-refractivity contribution is 5.81. The molecule has 0 fully saturated rings. The normalized spacial score (nSPS) is 20.9. The molecule has 0 spiro atoms. The van der Waals surface area contributed by atoms with Crippen molar-refractivity contribution in [1.29, 1.82) is 0 Å². The smallest absolute Gasteiger partial charge is 0.314 e. The van der Waals surface area contributed by atoms with Gasteiger partial charge >= 0.3 is 5.97 Å². The molecule has 2 atom stereocenters. The highest BCUT2D eigenvalue weighted by atomic mass is 16.5. The predicted octanol–water partition coefficient (Wildman–Crippen LogP) is 2.04. The number of hydrogen-bond acceptors (Lipinski definition) is 4. The lowest BCUT2D eigenvalue weighted by atomic mass is 9.78. The van der Waals surface area contributed by atoms with Crippen LogP contribution >= 0.6 is 0 Å². The molecule has 4 heteroatoms. The van der Waals surface area contributed by atoms with Crippen LogP contribution in [0.4, 0.5) is 0 Å². The third-order valence-corrected chi connectivity index (χ3v) is 3.79. The van der Waals surface area contributed by atoms with E-state index in [0.29, 0.717) is 6.54 Å². The van der Waals surface area contributed by atoms with E-state index in [-0.39, 0.29) is 17.9 Å². The van der Waals surface area contributed by atoms with Gasteiger partial charge in [0.2, 0.25) is 0 Å². The summed E-state index contributed by atoms with van der Waals surface area (Å²) in [6.07, 6.45) is 3.62. The Balaban J connectivity index is 2.43. The molecule has 1 aromatic rings. The molecular weight excluding hydrogens is 254 g/mol. The molecule has 0 saturated carbocycles. The summed E-state index contributed by atoms with van der Waals surface area (Å²) < 4.78 is 10.4. The van der Waals surface area contributed by atoms with Crippen molar-refractivity contribution in [3.8, 4) is 5.75 Å². The van der Waals surface area contributed by atoms with Crippen LogP contribution in [0.2, 0.25) is 0 Å². The van der Waals surface area contributed by atoms with Gasteiger partial charge < -0.3 is 14.8 Å². The predicted molar refractivity (Wildman–Crippen MR) is 78.1 cm³/mol. The van der Waals surface area contributed by atoms with E-state index >= 15 is 0 Å². The lowest BCUT2D eigenvalue weighted by molar-refractivity contribution is -0.143. The molecule has 0 saturated heterocycles. The van der Waals surface area contributed by atoms with Gasteiger partial charge in [0, 0.05) is 18.2 Å². The van der Waals surface area contributed by atoms with Crippen molar-refractivity contribution in [2.45, 2.75) is 24.8 Å². The SMILES string of the molecule is C=CCN[C@@H]1CCc2cccc(OC)c2[C@H]1C(=O)OC. The Bertz CT molecular complexity index is 484. The van der Waals surface area contributed by atoms with Crippen LogP contribution in [0.3, 0.4) is 0 Å². The van der Waals surface area contributed by atoms with Gasteiger partial charge in [-0.05, 0) is 24.5 Å². The Labute approximate surface area is 119 Å². The van der Waals surface area contributed by atoms with E-state index in [4.69, 9.17) is 9.47 Å². The Morgan fingerprint density at radius 3 is 2.95 bits per heavy atom. The van der Waals surface area contributed by atoms with Gasteiger partial charge in [-0.25, -0.2) is 0 Å². The number of fused-ring (bicyclic) bond motifs is 1. The summed E-state index contributed by atoms with van der Waals surface area (Å²) in [6.45, 7) is 4.38. The average Bonchev–Trinajstić information content (AvgIpc) is 2.50. The van der Waals surface area contributed by atoms with E-state index in [1.165, 1.54) is 7.11 Å². The number of nitrogens with one attached hydrogen (secondary N) is 1. The molecule has 0 unspecified atom stereocenters. The Morgan fingerprint density at radius 1 is 1.50 bits per heavy atom. The molecule has 0 amide bonds. The molecule has 1 N–H and O–H groups in total. The average molecular weight is 275 g/mol. The number of carbonyl (C=O) groups excluding carboxylic acids is 1. The van der Waals surface area contributed by atoms with Crippen LogP contribution in [-0.2, 0) is 16.0 Å². The highest BCUT2D eigenvalue weighted by Gasteiger charge is 2.37. The summed E-state index contributed by atoms with van der Waals surface area (Å²) in [5.41, 5.74) is 2.12. The molecule has 1 aliphatic carbocycles. The maximum Gasteiger partial charge on any atom is 0.314 e. The van der Waals surface area contributed by atoms with Gasteiger partial charge in [0.05, 0.1) is 14.2 Å². The zero-order valence-electron chi connectivity index (χ0n) is 12.0. The second-order valence-corrected chi connectivity index (χ2v) is 4.88. The summed E-state index contributed by atoms with van der Waals surface area (Å²) in [6, 6.07) is 5.95. The maximum atomic E-state index is 12.2. The lowest BCUT2D eigenvalue weighted by Crippen LogP contribution is -2.42. The first-order valence-electron chi connectivity index (χ1n) is 6.80. The van der Waals surface area contributed by atoms with Crippen LogP contribution in [0.5, 0.6) is 5.75 Å². The minimum Gasteiger partial charge on any atom is -0.496 e. The maximum absolute atomic E-state index is 12.2. The number of benzene rings is 1. The molecule has 0 radical (unpaired) electrons. The van der Waals surface area contributed by atoms with Gasteiger partial charge in [-0.1, -0.05) is 18.2 Å². The third kappa shape index (κ3) is 2.70. The van der Waals surface area contributed by atoms with Gasteiger partial charge in [0.15, 0.2) is 0 Å². The molecule has 20 heavy (non-hydrogen) atoms. The highest BCUT2D eigenvalue weighted by Crippen LogP contribution is 2.38. The molecular formula is C16H21NO3. The van der Waals surface area contributed by atoms with Crippen LogP contribution < -0.4 is 10.1 Å². The Hall–Kier alpha value is -1.81. The third-order valence-electron chi connectivity index (χ3n) is 3.79. The second-order valence-electron chi connectivity index (χ2n) is 4.88. The zero-order valence-corrected chi connectivity index (χ0v) is 12.0. The van der Waals surface area contributed by atoms with E-state index in [9.17, 15) is 4.79 Å². The fourth-order valence-corrected chi connectivity index (χ4v) is 2.88. The van der Waals surface area contributed by atoms with Crippen LogP contribution in [0, 0.1) is 0 Å². The Kier molecular flexibility index (Phi) is 4.79. The number of hydrogen-bond donors (Lipinski definition) is 1. The van der Waals surface area contributed by atoms with Crippen LogP contribution in [0.1, 0.15) is 23.5 Å². The van der Waals surface area contributed by atoms with Crippen molar-refractivity contribution in [1.82, 2.24) is 5.32 Å². The van der Waals surface area contributed by atoms with Crippen molar-refractivity contribution < 1.29 is 14.3 Å². The monoisotopic (exact) mass is 275 g/mol. The molecule has 4 nitrogen and oxygen atoms in total. The number of carbonyl (C=O) groups is 1. The second kappa shape index (κ2) is 6.57. The standard InChI is InChI=1S/C16H21NO3/c1-4-10-17-12-9-8-11-6-5-7-13(19-2)14(11)15(12)16(18)20-3/h4-7,12,15,17H,1,8-10H2,2-3H3/t12-,15+/m1/s1. The Morgan fingerprint density at radius 2 is 2.30 bits per heavy atom. The largest absolute Gasteiger partial charge is 0.496 e. The van der Waals surface area contributed by atoms with E-state index in [1.807, 2.05) is 12.1 Å². The summed E-state index contributed by atoms with van der Waals surface area (Å²) >= 11 is 0. The number of methoxy groups -OCH3 is 2. The van der Waals surface area contributed by atoms with Crippen LogP contribution in [0.25, 0.3) is 0 Å². The summed E-state index contributed by atoms with van der Waals surface area (Å²) in [4.78, 5) is 12.2. The molecule has 2 rings (SSSR count). The topological polar surface area (TPSA) is 47.6 Å². The summed E-state index contributed by atoms with van der Waals surface area (Å²) in [7, 11) is 3.06. The van der Waals surface area contributed by atoms with Gasteiger partial charge in [-0.15, -0.1) is 6.58 Å². The molecule has 0 aliphatic heterocycles. The van der Waals surface area contributed by atoms with Gasteiger partial charge in [0.25, 0.3) is 0 Å². The molecule has 0 heterocycles. The van der Waals surface area contributed by atoms with Crippen LogP contribution in [-0.4, -0.2) is 32.8 Å². The van der Waals surface area contributed by atoms with E-state index in [1.54, 1.807) is 13.2 Å². The number of rotatable bonds is 5. The summed E-state index contributed by atoms with van der Waals surface area (Å²) in [5.74, 6) is 0.194. The first-order valence-corrected chi connectivity index (χ1v) is 6.80. The zero-order chi connectivity index (χ0) is 14.5. The molecule has 0 bridgehead atoms. The lowest BCUT2D eigenvalue weighted by Gasteiger charge is -2.33. The van der Waals surface area contributed by atoms with Gasteiger partial charge in [-0.3, -0.25) is 4.79 Å². The molecule has 1 aromatic carbocycles. The molecule has 0 aromatic heterocycles. The summed E-state index contributed by atoms with van der Waals surface area (Å²) in [5, 5.41) is 3.35. The van der Waals surface area contributed by atoms with Gasteiger partial charge in [-0.2, -0.15) is 0 Å². The van der Waals surface area contributed by atoms with Crippen LogP contribution in [0.15, 0.2) is 30.9 Å². The van der Waals surface area contributed by atoms with Crippen molar-refractivity contribution >= 4 is 5.97 Å². The number of aryl methyl sites for hydroxylation is 1. The van der Waals surface area contributed by atoms with E-state index in [0.717, 1.165) is 29.7 Å². The fraction of sp³-hybridized carbons (Fsp3) is 0.438. The minimum absolute atomic E-state index is 0.0456. The number of ether oxygens (including phenoxy) is 2. The fourth-order valence-electron chi connectivity index (χ4n) is 2.88. The van der Waals surface area contributed by atoms with Crippen molar-refractivity contribution in [3.63, 3.8) is 0 Å². The number of esters is 1.